The van der Waals surface area contributed by atoms with Gasteiger partial charge in [-0.15, -0.1) is 20.4 Å². The van der Waals surface area contributed by atoms with E-state index in [-0.39, 0.29) is 11.7 Å². The molecule has 26 heavy (non-hydrogen) atoms. The Labute approximate surface area is 158 Å². The number of thioether (sulfide) groups is 1. The van der Waals surface area contributed by atoms with Crippen molar-refractivity contribution in [1.82, 2.24) is 25.0 Å². The van der Waals surface area contributed by atoms with Gasteiger partial charge < -0.3 is 4.57 Å². The maximum Gasteiger partial charge on any atom is 0.239 e. The molecule has 0 spiro atoms. The Hall–Kier alpha value is -2.33. The molecule has 2 heterocycles. The van der Waals surface area contributed by atoms with Crippen LogP contribution in [-0.4, -0.2) is 36.1 Å². The van der Waals surface area contributed by atoms with Gasteiger partial charge in [-0.25, -0.2) is 4.39 Å². The summed E-state index contributed by atoms with van der Waals surface area (Å²) in [7, 11) is 1.78. The molecule has 2 aromatic heterocycles. The lowest BCUT2D eigenvalue weighted by Crippen LogP contribution is -2.22. The van der Waals surface area contributed by atoms with E-state index in [1.165, 1.54) is 35.2 Å². The summed E-state index contributed by atoms with van der Waals surface area (Å²) in [5.41, 5.74) is 0.630. The van der Waals surface area contributed by atoms with Crippen molar-refractivity contribution in [2.75, 3.05) is 5.32 Å². The number of aromatic nitrogens is 5. The Morgan fingerprint density at radius 1 is 1.35 bits per heavy atom. The molecule has 7 nitrogen and oxygen atoms in total. The van der Waals surface area contributed by atoms with E-state index in [0.717, 1.165) is 11.4 Å². The number of nitrogens with one attached hydrogen (secondary N) is 1. The zero-order valence-corrected chi connectivity index (χ0v) is 16.1. The predicted molar refractivity (Wildman–Crippen MR) is 99.6 cm³/mol. The fraction of sp³-hybridized carbons (Fsp3) is 0.312. The number of amides is 1. The summed E-state index contributed by atoms with van der Waals surface area (Å²) >= 11 is 2.63. The first-order valence-corrected chi connectivity index (χ1v) is 9.62. The topological polar surface area (TPSA) is 85.6 Å². The highest BCUT2D eigenvalue weighted by Crippen LogP contribution is 2.27. The van der Waals surface area contributed by atoms with Crippen LogP contribution in [-0.2, 0) is 18.3 Å². The lowest BCUT2D eigenvalue weighted by Gasteiger charge is -2.10. The lowest BCUT2D eigenvalue weighted by atomic mass is 10.2. The number of carbonyl (C=O) groups is 1. The molecule has 0 unspecified atom stereocenters. The highest BCUT2D eigenvalue weighted by atomic mass is 32.2. The van der Waals surface area contributed by atoms with E-state index < -0.39 is 5.25 Å². The van der Waals surface area contributed by atoms with Gasteiger partial charge in [0.05, 0.1) is 5.25 Å². The summed E-state index contributed by atoms with van der Waals surface area (Å²) in [6.07, 6.45) is 0.777. The van der Waals surface area contributed by atoms with Gasteiger partial charge in [-0.05, 0) is 25.5 Å². The molecule has 136 valence electrons. The minimum absolute atomic E-state index is 0.191. The van der Waals surface area contributed by atoms with Gasteiger partial charge in [0, 0.05) is 12.6 Å². The molecule has 1 aromatic carbocycles. The SMILES string of the molecule is CCc1nnc(NC(=O)[C@H](C)Sc2nnc(-c3cccc(F)c3)n2C)s1. The molecule has 0 aliphatic heterocycles. The number of hydrogen-bond donors (Lipinski definition) is 1. The number of hydrogen-bond acceptors (Lipinski definition) is 7. The fourth-order valence-electron chi connectivity index (χ4n) is 2.16. The van der Waals surface area contributed by atoms with Gasteiger partial charge in [-0.3, -0.25) is 10.1 Å². The van der Waals surface area contributed by atoms with Crippen molar-refractivity contribution in [2.24, 2.45) is 7.05 Å². The Morgan fingerprint density at radius 3 is 2.85 bits per heavy atom. The molecule has 3 aromatic rings. The molecule has 3 rings (SSSR count). The van der Waals surface area contributed by atoms with Gasteiger partial charge in [-0.1, -0.05) is 42.2 Å². The minimum Gasteiger partial charge on any atom is -0.305 e. The zero-order chi connectivity index (χ0) is 18.7. The Morgan fingerprint density at radius 2 is 2.15 bits per heavy atom. The Balaban J connectivity index is 1.69. The normalized spacial score (nSPS) is 12.2. The first-order valence-electron chi connectivity index (χ1n) is 7.93. The van der Waals surface area contributed by atoms with E-state index in [1.807, 2.05) is 6.92 Å². The fourth-order valence-corrected chi connectivity index (χ4v) is 3.66. The van der Waals surface area contributed by atoms with Crippen molar-refractivity contribution in [1.29, 1.82) is 0 Å². The van der Waals surface area contributed by atoms with Crippen LogP contribution in [0.4, 0.5) is 9.52 Å². The molecule has 0 saturated heterocycles. The molecule has 1 amide bonds. The number of carbonyl (C=O) groups excluding carboxylic acids is 1. The Kier molecular flexibility index (Phi) is 5.62. The van der Waals surface area contributed by atoms with Crippen molar-refractivity contribution in [2.45, 2.75) is 30.7 Å². The van der Waals surface area contributed by atoms with Gasteiger partial charge in [-0.2, -0.15) is 0 Å². The molecule has 1 N–H and O–H groups in total. The highest BCUT2D eigenvalue weighted by molar-refractivity contribution is 8.00. The third-order valence-electron chi connectivity index (χ3n) is 3.57. The smallest absolute Gasteiger partial charge is 0.239 e. The van der Waals surface area contributed by atoms with E-state index in [2.05, 4.69) is 25.7 Å². The monoisotopic (exact) mass is 392 g/mol. The number of nitrogens with zero attached hydrogens (tertiary/aromatic N) is 5. The van der Waals surface area contributed by atoms with Crippen LogP contribution in [0.3, 0.4) is 0 Å². The molecule has 10 heteroatoms. The average molecular weight is 392 g/mol. The standard InChI is InChI=1S/C16H17FN6OS2/c1-4-12-19-21-15(26-12)18-14(24)9(2)25-16-22-20-13(23(16)3)10-6-5-7-11(17)8-10/h5-9H,4H2,1-3H3,(H,18,21,24)/t9-/m0/s1. The van der Waals surface area contributed by atoms with E-state index in [0.29, 0.717) is 21.7 Å². The highest BCUT2D eigenvalue weighted by Gasteiger charge is 2.20. The summed E-state index contributed by atoms with van der Waals surface area (Å²) in [5.74, 6) is 0.0105. The second-order valence-corrected chi connectivity index (χ2v) is 7.85. The average Bonchev–Trinajstić information content (AvgIpc) is 3.22. The molecule has 0 bridgehead atoms. The van der Waals surface area contributed by atoms with Crippen molar-refractivity contribution < 1.29 is 9.18 Å². The van der Waals surface area contributed by atoms with Crippen LogP contribution in [0.25, 0.3) is 11.4 Å². The summed E-state index contributed by atoms with van der Waals surface area (Å²) < 4.78 is 15.2. The largest absolute Gasteiger partial charge is 0.305 e. The Bertz CT molecular complexity index is 925. The van der Waals surface area contributed by atoms with Gasteiger partial charge in [0.25, 0.3) is 0 Å². The van der Waals surface area contributed by atoms with Crippen LogP contribution in [0.1, 0.15) is 18.9 Å². The molecule has 0 saturated carbocycles. The first kappa shape index (κ1) is 18.5. The van der Waals surface area contributed by atoms with Gasteiger partial charge in [0.1, 0.15) is 10.8 Å². The molecule has 0 aliphatic rings. The number of aryl methyl sites for hydroxylation is 1. The van der Waals surface area contributed by atoms with Crippen molar-refractivity contribution in [3.63, 3.8) is 0 Å². The third-order valence-corrected chi connectivity index (χ3v) is 5.69. The zero-order valence-electron chi connectivity index (χ0n) is 14.4. The summed E-state index contributed by atoms with van der Waals surface area (Å²) in [4.78, 5) is 12.3. The molecular weight excluding hydrogens is 375 g/mol. The van der Waals surface area contributed by atoms with Crippen molar-refractivity contribution >= 4 is 34.1 Å². The number of benzene rings is 1. The molecule has 0 radical (unpaired) electrons. The van der Waals surface area contributed by atoms with E-state index in [1.54, 1.807) is 30.7 Å². The first-order chi connectivity index (χ1) is 12.5. The van der Waals surface area contributed by atoms with Crippen LogP contribution in [0.15, 0.2) is 29.4 Å². The van der Waals surface area contributed by atoms with Crippen LogP contribution in [0.2, 0.25) is 0 Å². The minimum atomic E-state index is -0.410. The van der Waals surface area contributed by atoms with Gasteiger partial charge >= 0.3 is 0 Å². The maximum atomic E-state index is 13.4. The van der Waals surface area contributed by atoms with E-state index >= 15 is 0 Å². The van der Waals surface area contributed by atoms with Crippen molar-refractivity contribution in [3.8, 4) is 11.4 Å². The molecule has 0 aliphatic carbocycles. The number of anilines is 1. The maximum absolute atomic E-state index is 13.4. The van der Waals surface area contributed by atoms with Gasteiger partial charge in [0.15, 0.2) is 11.0 Å². The summed E-state index contributed by atoms with van der Waals surface area (Å²) in [6.45, 7) is 3.76. The molecular formula is C16H17FN6OS2. The second-order valence-electron chi connectivity index (χ2n) is 5.48. The lowest BCUT2D eigenvalue weighted by molar-refractivity contribution is -0.115. The van der Waals surface area contributed by atoms with Crippen molar-refractivity contribution in [3.05, 3.63) is 35.1 Å². The number of rotatable bonds is 6. The van der Waals surface area contributed by atoms with Crippen LogP contribution >= 0.6 is 23.1 Å². The number of halogens is 1. The van der Waals surface area contributed by atoms with Crippen LogP contribution in [0, 0.1) is 5.82 Å². The third kappa shape index (κ3) is 4.07. The second kappa shape index (κ2) is 7.92. The summed E-state index contributed by atoms with van der Waals surface area (Å²) in [5, 5.41) is 20.4. The van der Waals surface area contributed by atoms with Gasteiger partial charge in [0.2, 0.25) is 11.0 Å². The molecule has 1 atom stereocenters. The van der Waals surface area contributed by atoms with Crippen LogP contribution < -0.4 is 5.32 Å². The van der Waals surface area contributed by atoms with E-state index in [9.17, 15) is 9.18 Å². The van der Waals surface area contributed by atoms with Crippen LogP contribution in [0.5, 0.6) is 0 Å². The molecule has 0 fully saturated rings. The quantitative estimate of drug-likeness (QED) is 0.649. The predicted octanol–water partition coefficient (Wildman–Crippen LogP) is 3.15. The van der Waals surface area contributed by atoms with E-state index in [4.69, 9.17) is 0 Å². The summed E-state index contributed by atoms with van der Waals surface area (Å²) in [6, 6.07) is 6.15.